The summed E-state index contributed by atoms with van der Waals surface area (Å²) < 4.78 is 27.2. The van der Waals surface area contributed by atoms with E-state index >= 15 is 0 Å². The summed E-state index contributed by atoms with van der Waals surface area (Å²) >= 11 is 3.32. The number of nitrogens with two attached hydrogens (primary N) is 1. The molecule has 0 heterocycles. The minimum Gasteiger partial charge on any atom is -0.327 e. The molecular weight excluding hydrogens is 376 g/mol. The fraction of sp³-hybridized carbons (Fsp3) is 0.571. The molecule has 0 aliphatic heterocycles. The summed E-state index contributed by atoms with van der Waals surface area (Å²) in [4.78, 5) is 0.340. The number of halogens is 2. The van der Waals surface area contributed by atoms with Crippen LogP contribution in [-0.2, 0) is 10.0 Å². The Bertz CT molecular complexity index is 564. The first-order valence-electron chi connectivity index (χ1n) is 6.64. The summed E-state index contributed by atoms with van der Waals surface area (Å²) in [5.41, 5.74) is 6.72. The predicted octanol–water partition coefficient (Wildman–Crippen LogP) is 3.17. The molecule has 1 atom stereocenters. The first-order valence-corrected chi connectivity index (χ1v) is 8.87. The topological polar surface area (TPSA) is 63.4 Å². The van der Waals surface area contributed by atoms with Crippen molar-refractivity contribution in [2.75, 3.05) is 13.6 Å². The van der Waals surface area contributed by atoms with Crippen molar-refractivity contribution < 1.29 is 8.42 Å². The second kappa shape index (κ2) is 8.48. The van der Waals surface area contributed by atoms with E-state index in [1.54, 1.807) is 26.1 Å². The third-order valence-electron chi connectivity index (χ3n) is 3.47. The molecule has 1 aromatic carbocycles. The number of rotatable bonds is 6. The van der Waals surface area contributed by atoms with Crippen LogP contribution in [0.4, 0.5) is 0 Å². The SMILES string of the molecule is Cc1ccc(Br)cc1S(=O)(=O)N(C)CCC(N)C(C)C.Cl. The summed E-state index contributed by atoms with van der Waals surface area (Å²) in [6.45, 7) is 6.30. The van der Waals surface area contributed by atoms with Gasteiger partial charge in [-0.25, -0.2) is 12.7 Å². The Balaban J connectivity index is 0.00000400. The summed E-state index contributed by atoms with van der Waals surface area (Å²) in [5.74, 6) is 0.346. The lowest BCUT2D eigenvalue weighted by atomic mass is 10.0. The van der Waals surface area contributed by atoms with Crippen molar-refractivity contribution in [3.63, 3.8) is 0 Å². The van der Waals surface area contributed by atoms with Crippen molar-refractivity contribution in [2.45, 2.75) is 38.1 Å². The van der Waals surface area contributed by atoms with Gasteiger partial charge in [-0.1, -0.05) is 35.8 Å². The zero-order valence-corrected chi connectivity index (χ0v) is 16.1. The Hall–Kier alpha value is -0.140. The molecule has 0 spiro atoms. The average Bonchev–Trinajstić information content (AvgIpc) is 2.37. The molecule has 0 saturated heterocycles. The van der Waals surface area contributed by atoms with Gasteiger partial charge >= 0.3 is 0 Å². The number of nitrogens with zero attached hydrogens (tertiary/aromatic N) is 1. The fourth-order valence-corrected chi connectivity index (χ4v) is 3.75. The Labute approximate surface area is 142 Å². The normalized spacial score (nSPS) is 13.3. The van der Waals surface area contributed by atoms with Crippen LogP contribution in [0.2, 0.25) is 0 Å². The molecule has 122 valence electrons. The maximum absolute atomic E-state index is 12.6. The molecule has 0 aromatic heterocycles. The minimum atomic E-state index is -3.47. The number of sulfonamides is 1. The van der Waals surface area contributed by atoms with E-state index in [0.29, 0.717) is 23.8 Å². The number of aryl methyl sites for hydroxylation is 1. The van der Waals surface area contributed by atoms with Gasteiger partial charge in [0.2, 0.25) is 10.0 Å². The number of hydrogen-bond donors (Lipinski definition) is 1. The lowest BCUT2D eigenvalue weighted by molar-refractivity contribution is 0.397. The maximum Gasteiger partial charge on any atom is 0.243 e. The zero-order chi connectivity index (χ0) is 15.5. The van der Waals surface area contributed by atoms with E-state index in [1.807, 2.05) is 19.9 Å². The third kappa shape index (κ3) is 5.53. The second-order valence-corrected chi connectivity index (χ2v) is 8.36. The standard InChI is InChI=1S/C14H23BrN2O2S.ClH/c1-10(2)13(16)7-8-17(4)20(18,19)14-9-12(15)6-5-11(14)3;/h5-6,9-10,13H,7-8,16H2,1-4H3;1H. The monoisotopic (exact) mass is 398 g/mol. The van der Waals surface area contributed by atoms with Crippen molar-refractivity contribution in [3.8, 4) is 0 Å². The molecule has 4 nitrogen and oxygen atoms in total. The van der Waals surface area contributed by atoms with Crippen LogP contribution in [0.3, 0.4) is 0 Å². The van der Waals surface area contributed by atoms with Gasteiger partial charge in [0.15, 0.2) is 0 Å². The zero-order valence-electron chi connectivity index (χ0n) is 12.8. The van der Waals surface area contributed by atoms with E-state index in [0.717, 1.165) is 10.0 Å². The van der Waals surface area contributed by atoms with E-state index in [-0.39, 0.29) is 18.4 Å². The first-order chi connectivity index (χ1) is 9.16. The van der Waals surface area contributed by atoms with Crippen LogP contribution in [0.25, 0.3) is 0 Å². The molecule has 0 amide bonds. The molecule has 1 rings (SSSR count). The molecule has 0 radical (unpaired) electrons. The van der Waals surface area contributed by atoms with Crippen LogP contribution < -0.4 is 5.73 Å². The smallest absolute Gasteiger partial charge is 0.243 e. The number of benzene rings is 1. The Kier molecular flexibility index (Phi) is 8.42. The summed E-state index contributed by atoms with van der Waals surface area (Å²) in [6.07, 6.45) is 0.653. The van der Waals surface area contributed by atoms with Gasteiger partial charge in [-0.2, -0.15) is 0 Å². The minimum absolute atomic E-state index is 0. The van der Waals surface area contributed by atoms with E-state index in [9.17, 15) is 8.42 Å². The Morgan fingerprint density at radius 2 is 1.90 bits per heavy atom. The van der Waals surface area contributed by atoms with E-state index in [2.05, 4.69) is 15.9 Å². The quantitative estimate of drug-likeness (QED) is 0.799. The van der Waals surface area contributed by atoms with E-state index in [4.69, 9.17) is 5.73 Å². The van der Waals surface area contributed by atoms with Crippen LogP contribution in [0.5, 0.6) is 0 Å². The molecule has 2 N–H and O–H groups in total. The van der Waals surface area contributed by atoms with Crippen molar-refractivity contribution in [1.29, 1.82) is 0 Å². The summed E-state index contributed by atoms with van der Waals surface area (Å²) in [5, 5.41) is 0. The number of hydrogen-bond acceptors (Lipinski definition) is 3. The third-order valence-corrected chi connectivity index (χ3v) is 5.96. The Morgan fingerprint density at radius 3 is 2.43 bits per heavy atom. The van der Waals surface area contributed by atoms with Gasteiger partial charge in [0.1, 0.15) is 0 Å². The van der Waals surface area contributed by atoms with Crippen LogP contribution in [0.15, 0.2) is 27.6 Å². The average molecular weight is 400 g/mol. The molecule has 7 heteroatoms. The van der Waals surface area contributed by atoms with Crippen molar-refractivity contribution in [3.05, 3.63) is 28.2 Å². The van der Waals surface area contributed by atoms with Gasteiger partial charge in [-0.3, -0.25) is 0 Å². The van der Waals surface area contributed by atoms with Crippen molar-refractivity contribution in [1.82, 2.24) is 4.31 Å². The molecule has 0 aliphatic rings. The van der Waals surface area contributed by atoms with Gasteiger partial charge in [-0.15, -0.1) is 12.4 Å². The fourth-order valence-electron chi connectivity index (χ4n) is 1.80. The molecule has 0 saturated carbocycles. The highest BCUT2D eigenvalue weighted by atomic mass is 79.9. The van der Waals surface area contributed by atoms with Crippen LogP contribution >= 0.6 is 28.3 Å². The van der Waals surface area contributed by atoms with Crippen molar-refractivity contribution >= 4 is 38.4 Å². The highest BCUT2D eigenvalue weighted by molar-refractivity contribution is 9.10. The van der Waals surface area contributed by atoms with Gasteiger partial charge in [-0.05, 0) is 37.0 Å². The van der Waals surface area contributed by atoms with Crippen LogP contribution in [0, 0.1) is 12.8 Å². The summed E-state index contributed by atoms with van der Waals surface area (Å²) in [7, 11) is -1.87. The molecular formula is C14H24BrClN2O2S. The largest absolute Gasteiger partial charge is 0.327 e. The van der Waals surface area contributed by atoms with Crippen LogP contribution in [-0.4, -0.2) is 32.4 Å². The van der Waals surface area contributed by atoms with Gasteiger partial charge in [0.25, 0.3) is 0 Å². The highest BCUT2D eigenvalue weighted by Gasteiger charge is 2.23. The molecule has 0 aliphatic carbocycles. The highest BCUT2D eigenvalue weighted by Crippen LogP contribution is 2.23. The van der Waals surface area contributed by atoms with Crippen LogP contribution in [0.1, 0.15) is 25.8 Å². The van der Waals surface area contributed by atoms with Gasteiger partial charge in [0, 0.05) is 24.1 Å². The van der Waals surface area contributed by atoms with E-state index in [1.165, 1.54) is 4.31 Å². The predicted molar refractivity (Wildman–Crippen MR) is 93.4 cm³/mol. The molecule has 0 fully saturated rings. The molecule has 1 aromatic rings. The Morgan fingerprint density at radius 1 is 1.33 bits per heavy atom. The van der Waals surface area contributed by atoms with E-state index < -0.39 is 10.0 Å². The first kappa shape index (κ1) is 20.9. The van der Waals surface area contributed by atoms with Gasteiger partial charge in [0.05, 0.1) is 4.90 Å². The second-order valence-electron chi connectivity index (χ2n) is 5.43. The molecule has 21 heavy (non-hydrogen) atoms. The lowest BCUT2D eigenvalue weighted by Gasteiger charge is -2.22. The summed E-state index contributed by atoms with van der Waals surface area (Å²) in [6, 6.07) is 5.29. The van der Waals surface area contributed by atoms with Crippen molar-refractivity contribution in [2.24, 2.45) is 11.7 Å². The molecule has 1 unspecified atom stereocenters. The molecule has 0 bridgehead atoms. The maximum atomic E-state index is 12.6. The lowest BCUT2D eigenvalue weighted by Crippen LogP contribution is -2.34. The van der Waals surface area contributed by atoms with Gasteiger partial charge < -0.3 is 5.73 Å².